The van der Waals surface area contributed by atoms with Crippen LogP contribution in [0.2, 0.25) is 0 Å². The number of hydrogen-bond acceptors (Lipinski definition) is 9. The van der Waals surface area contributed by atoms with Crippen molar-refractivity contribution >= 4 is 34.1 Å². The molecule has 11 heteroatoms. The molecule has 0 saturated carbocycles. The highest BCUT2D eigenvalue weighted by Gasteiger charge is 2.13. The smallest absolute Gasteiger partial charge is 0.441 e. The number of ether oxygens (including phenoxy) is 1. The average molecular weight is 472 g/mol. The number of amides is 1. The molecule has 3 rings (SSSR count). The van der Waals surface area contributed by atoms with E-state index < -0.39 is 16.7 Å². The molecule has 0 aliphatic rings. The lowest BCUT2D eigenvalue weighted by Crippen LogP contribution is -2.21. The summed E-state index contributed by atoms with van der Waals surface area (Å²) < 4.78 is 20.3. The van der Waals surface area contributed by atoms with E-state index in [1.165, 1.54) is 0 Å². The van der Waals surface area contributed by atoms with Gasteiger partial charge < -0.3 is 25.6 Å². The highest BCUT2D eigenvalue weighted by molar-refractivity contribution is 7.75. The third-order valence-electron chi connectivity index (χ3n) is 4.39. The first-order chi connectivity index (χ1) is 15.9. The summed E-state index contributed by atoms with van der Waals surface area (Å²) in [5.74, 6) is 0.886. The van der Waals surface area contributed by atoms with Gasteiger partial charge in [-0.25, -0.2) is 14.0 Å². The number of carbonyl (C=O) groups excluding carboxylic acids is 1. The Kier molecular flexibility index (Phi) is 8.17. The maximum atomic E-state index is 12.2. The lowest BCUT2D eigenvalue weighted by Gasteiger charge is -2.16. The highest BCUT2D eigenvalue weighted by atomic mass is 32.2. The molecule has 0 aliphatic carbocycles. The second-order valence-corrected chi connectivity index (χ2v) is 8.24. The fourth-order valence-electron chi connectivity index (χ4n) is 2.80. The molecule has 33 heavy (non-hydrogen) atoms. The van der Waals surface area contributed by atoms with Crippen LogP contribution in [-0.2, 0) is 15.3 Å². The molecule has 1 heterocycles. The SMILES string of the molecule is CCOC(=O)/N=[SH](=O)/c1ccc(Nc2ncc(-c3cccc(O)c3)c(N[C@H](C)CO)n2)cc1. The molecule has 4 N–H and O–H groups in total. The summed E-state index contributed by atoms with van der Waals surface area (Å²) in [5.41, 5.74) is 2.00. The number of thiol groups is 1. The van der Waals surface area contributed by atoms with E-state index in [0.717, 1.165) is 0 Å². The summed E-state index contributed by atoms with van der Waals surface area (Å²) in [5, 5.41) is 25.5. The van der Waals surface area contributed by atoms with Crippen LogP contribution in [0.25, 0.3) is 11.1 Å². The minimum atomic E-state index is -2.26. The Balaban J connectivity index is 1.84. The van der Waals surface area contributed by atoms with Crippen molar-refractivity contribution < 1.29 is 24.0 Å². The topological polar surface area (TPSA) is 146 Å². The second-order valence-electron chi connectivity index (χ2n) is 6.98. The van der Waals surface area contributed by atoms with Crippen LogP contribution in [0.5, 0.6) is 5.75 Å². The monoisotopic (exact) mass is 471 g/mol. The summed E-state index contributed by atoms with van der Waals surface area (Å²) in [6, 6.07) is 12.9. The van der Waals surface area contributed by atoms with Gasteiger partial charge in [-0.2, -0.15) is 4.98 Å². The average Bonchev–Trinajstić information content (AvgIpc) is 2.79. The number of aliphatic hydroxyl groups is 1. The zero-order valence-electron chi connectivity index (χ0n) is 18.1. The molecular weight excluding hydrogens is 446 g/mol. The van der Waals surface area contributed by atoms with Gasteiger partial charge >= 0.3 is 6.09 Å². The van der Waals surface area contributed by atoms with Gasteiger partial charge in [0.25, 0.3) is 0 Å². The standard InChI is InChI=1S/C22H25N5O5S/c1-3-32-22(30)27-33(31)18-9-7-16(8-10-18)25-21-23-12-19(15-5-4-6-17(29)11-15)20(26-21)24-14(2)13-28/h4-12,14,28-29,33H,3,13H2,1-2H3,(H2,23,24,25,26)/t14-/m1/s1. The molecule has 1 amide bonds. The minimum Gasteiger partial charge on any atom is -0.508 e. The van der Waals surface area contributed by atoms with Crippen LogP contribution in [0.1, 0.15) is 13.8 Å². The molecule has 0 radical (unpaired) electrons. The van der Waals surface area contributed by atoms with Gasteiger partial charge in [0.05, 0.1) is 23.8 Å². The molecule has 2 atom stereocenters. The number of nitrogens with one attached hydrogen (secondary N) is 2. The van der Waals surface area contributed by atoms with Crippen molar-refractivity contribution in [3.05, 3.63) is 54.7 Å². The molecule has 0 fully saturated rings. The zero-order chi connectivity index (χ0) is 23.8. The number of aliphatic hydroxyl groups excluding tert-OH is 1. The third kappa shape index (κ3) is 6.64. The van der Waals surface area contributed by atoms with Crippen molar-refractivity contribution in [2.45, 2.75) is 24.8 Å². The molecule has 0 aliphatic heterocycles. The van der Waals surface area contributed by atoms with Crippen LogP contribution in [-0.4, -0.2) is 49.7 Å². The Morgan fingerprint density at radius 2 is 2.00 bits per heavy atom. The Hall–Kier alpha value is -3.70. The van der Waals surface area contributed by atoms with Gasteiger partial charge in [-0.1, -0.05) is 12.1 Å². The fraction of sp³-hybridized carbons (Fsp3) is 0.227. The maximum Gasteiger partial charge on any atom is 0.441 e. The van der Waals surface area contributed by atoms with E-state index in [1.807, 2.05) is 13.0 Å². The van der Waals surface area contributed by atoms with Crippen molar-refractivity contribution in [3.8, 4) is 16.9 Å². The minimum absolute atomic E-state index is 0.0945. The number of aromatic hydroxyl groups is 1. The van der Waals surface area contributed by atoms with Crippen molar-refractivity contribution in [3.63, 3.8) is 0 Å². The van der Waals surface area contributed by atoms with Gasteiger partial charge in [0.2, 0.25) is 5.95 Å². The summed E-state index contributed by atoms with van der Waals surface area (Å²) in [6.45, 7) is 3.52. The third-order valence-corrected chi connectivity index (χ3v) is 5.47. The van der Waals surface area contributed by atoms with E-state index >= 15 is 0 Å². The molecule has 0 saturated heterocycles. The number of phenolic OH excluding ortho intramolecular Hbond substituents is 1. The van der Waals surface area contributed by atoms with Crippen LogP contribution in [0, 0.1) is 0 Å². The largest absolute Gasteiger partial charge is 0.508 e. The van der Waals surface area contributed by atoms with E-state index in [1.54, 1.807) is 55.6 Å². The molecule has 3 aromatic rings. The first-order valence-electron chi connectivity index (χ1n) is 10.2. The zero-order valence-corrected chi connectivity index (χ0v) is 19.0. The first kappa shape index (κ1) is 24.0. The Morgan fingerprint density at radius 1 is 1.24 bits per heavy atom. The predicted molar refractivity (Wildman–Crippen MR) is 126 cm³/mol. The second kappa shape index (κ2) is 11.2. The summed E-state index contributed by atoms with van der Waals surface area (Å²) >= 11 is 0. The van der Waals surface area contributed by atoms with Gasteiger partial charge in [-0.15, -0.1) is 4.36 Å². The summed E-state index contributed by atoms with van der Waals surface area (Å²) in [4.78, 5) is 20.6. The normalized spacial score (nSPS) is 12.7. The van der Waals surface area contributed by atoms with Crippen LogP contribution < -0.4 is 10.6 Å². The predicted octanol–water partition coefficient (Wildman–Crippen LogP) is 3.57. The Labute approximate surface area is 192 Å². The summed E-state index contributed by atoms with van der Waals surface area (Å²) in [6.07, 6.45) is 0.748. The number of nitrogens with zero attached hydrogens (tertiary/aromatic N) is 3. The number of carbonyl (C=O) groups is 1. The fourth-order valence-corrected chi connectivity index (χ4v) is 3.53. The summed E-state index contributed by atoms with van der Waals surface area (Å²) in [7, 11) is -2.26. The van der Waals surface area contributed by atoms with E-state index in [2.05, 4.69) is 29.7 Å². The van der Waals surface area contributed by atoms with Crippen molar-refractivity contribution in [1.82, 2.24) is 9.97 Å². The quantitative estimate of drug-likeness (QED) is 0.311. The number of anilines is 3. The maximum absolute atomic E-state index is 12.2. The lowest BCUT2D eigenvalue weighted by molar-refractivity contribution is 0.164. The van der Waals surface area contributed by atoms with Gasteiger partial charge in [-0.3, -0.25) is 0 Å². The van der Waals surface area contributed by atoms with Crippen molar-refractivity contribution in [1.29, 1.82) is 0 Å². The molecule has 0 spiro atoms. The first-order valence-corrected chi connectivity index (χ1v) is 11.4. The highest BCUT2D eigenvalue weighted by Crippen LogP contribution is 2.30. The number of phenols is 1. The molecule has 1 unspecified atom stereocenters. The van der Waals surface area contributed by atoms with Crippen LogP contribution in [0.3, 0.4) is 0 Å². The van der Waals surface area contributed by atoms with E-state index in [0.29, 0.717) is 33.5 Å². The number of hydrogen-bond donors (Lipinski definition) is 5. The van der Waals surface area contributed by atoms with Gasteiger partial charge in [0, 0.05) is 28.4 Å². The van der Waals surface area contributed by atoms with Crippen molar-refractivity contribution in [2.24, 2.45) is 4.36 Å². The molecule has 10 nitrogen and oxygen atoms in total. The Morgan fingerprint density at radius 3 is 2.67 bits per heavy atom. The Bertz CT molecular complexity index is 1200. The van der Waals surface area contributed by atoms with Crippen molar-refractivity contribution in [2.75, 3.05) is 23.8 Å². The van der Waals surface area contributed by atoms with Crippen LogP contribution in [0.4, 0.5) is 22.2 Å². The van der Waals surface area contributed by atoms with Crippen LogP contribution >= 0.6 is 0 Å². The molecule has 174 valence electrons. The van der Waals surface area contributed by atoms with E-state index in [-0.39, 0.29) is 25.0 Å². The molecule has 0 bridgehead atoms. The number of aromatic nitrogens is 2. The van der Waals surface area contributed by atoms with E-state index in [9.17, 15) is 19.2 Å². The lowest BCUT2D eigenvalue weighted by atomic mass is 10.1. The number of rotatable bonds is 8. The number of benzene rings is 2. The van der Waals surface area contributed by atoms with Gasteiger partial charge in [0.1, 0.15) is 11.6 Å². The molecule has 1 aromatic heterocycles. The molecular formula is C22H25N5O5S. The van der Waals surface area contributed by atoms with Crippen LogP contribution in [0.15, 0.2) is 64.0 Å². The molecule has 2 aromatic carbocycles. The van der Waals surface area contributed by atoms with E-state index in [4.69, 9.17) is 0 Å². The van der Waals surface area contributed by atoms with Gasteiger partial charge in [-0.05, 0) is 55.8 Å². The van der Waals surface area contributed by atoms with Gasteiger partial charge in [0.15, 0.2) is 0 Å².